The fraction of sp³-hybridized carbons (Fsp3) is 0.238. The third-order valence-electron chi connectivity index (χ3n) is 4.26. The van der Waals surface area contributed by atoms with Gasteiger partial charge >= 0.3 is 5.97 Å². The molecule has 0 aliphatic rings. The van der Waals surface area contributed by atoms with Crippen LogP contribution >= 0.6 is 0 Å². The first-order chi connectivity index (χ1) is 13.9. The van der Waals surface area contributed by atoms with Crippen LogP contribution in [0, 0.1) is 0 Å². The van der Waals surface area contributed by atoms with E-state index in [1.807, 2.05) is 31.1 Å². The largest absolute Gasteiger partial charge is 0.456 e. The minimum atomic E-state index is -0.543. The van der Waals surface area contributed by atoms with Crippen LogP contribution in [0.25, 0.3) is 10.9 Å². The van der Waals surface area contributed by atoms with Gasteiger partial charge in [-0.3, -0.25) is 14.4 Å². The molecule has 8 heteroatoms. The van der Waals surface area contributed by atoms with Gasteiger partial charge in [-0.1, -0.05) is 12.1 Å². The Kier molecular flexibility index (Phi) is 6.23. The van der Waals surface area contributed by atoms with E-state index in [4.69, 9.17) is 4.74 Å². The molecule has 0 spiro atoms. The minimum absolute atomic E-state index is 0.00604. The van der Waals surface area contributed by atoms with Crippen LogP contribution < -0.4 is 15.8 Å². The van der Waals surface area contributed by atoms with Gasteiger partial charge in [0.25, 0.3) is 11.5 Å². The highest BCUT2D eigenvalue weighted by Gasteiger charge is 2.10. The fourth-order valence-electron chi connectivity index (χ4n) is 2.73. The number of hydrogen-bond donors (Lipinski definition) is 2. The van der Waals surface area contributed by atoms with E-state index < -0.39 is 11.9 Å². The first-order valence-electron chi connectivity index (χ1n) is 9.13. The number of ether oxygens (including phenoxy) is 1. The molecule has 0 radical (unpaired) electrons. The van der Waals surface area contributed by atoms with Gasteiger partial charge in [0.2, 0.25) is 0 Å². The summed E-state index contributed by atoms with van der Waals surface area (Å²) in [5.41, 5.74) is 1.95. The number of H-pyrrole nitrogens is 1. The van der Waals surface area contributed by atoms with Crippen molar-refractivity contribution in [3.8, 4) is 0 Å². The van der Waals surface area contributed by atoms with Crippen molar-refractivity contribution in [3.05, 3.63) is 64.7 Å². The lowest BCUT2D eigenvalue weighted by molar-refractivity contribution is -0.147. The van der Waals surface area contributed by atoms with Gasteiger partial charge in [-0.2, -0.15) is 0 Å². The molecule has 0 aliphatic heterocycles. The van der Waals surface area contributed by atoms with E-state index >= 15 is 0 Å². The highest BCUT2D eigenvalue weighted by molar-refractivity contribution is 5.93. The van der Waals surface area contributed by atoms with E-state index in [0.29, 0.717) is 22.4 Å². The molecular formula is C21H22N4O4. The van der Waals surface area contributed by atoms with Crippen molar-refractivity contribution in [2.75, 3.05) is 30.9 Å². The van der Waals surface area contributed by atoms with Gasteiger partial charge in [-0.05, 0) is 36.4 Å². The van der Waals surface area contributed by atoms with Gasteiger partial charge in [0.15, 0.2) is 6.61 Å². The Hall–Kier alpha value is -3.68. The zero-order valence-electron chi connectivity index (χ0n) is 16.3. The number of anilines is 2. The van der Waals surface area contributed by atoms with Crippen molar-refractivity contribution in [1.29, 1.82) is 0 Å². The third kappa shape index (κ3) is 5.41. The lowest BCUT2D eigenvalue weighted by atomic mass is 10.2. The molecule has 1 heterocycles. The highest BCUT2D eigenvalue weighted by Crippen LogP contribution is 2.15. The van der Waals surface area contributed by atoms with Gasteiger partial charge in [0, 0.05) is 31.9 Å². The smallest absolute Gasteiger partial charge is 0.306 e. The maximum absolute atomic E-state index is 12.0. The molecule has 8 nitrogen and oxygen atoms in total. The Bertz CT molecular complexity index is 1070. The number of para-hydroxylation sites is 1. The van der Waals surface area contributed by atoms with E-state index in [2.05, 4.69) is 15.3 Å². The standard InChI is InChI=1S/C21H22N4O4/c1-25(2)15-9-7-14(8-10-15)22-19(26)13-29-20(27)12-11-18-23-17-6-4-3-5-16(17)21(28)24-18/h3-10H,11-13H2,1-2H3,(H,22,26)(H,23,24,28). The number of aryl methyl sites for hydroxylation is 1. The Morgan fingerprint density at radius 1 is 1.10 bits per heavy atom. The van der Waals surface area contributed by atoms with E-state index in [1.165, 1.54) is 0 Å². The molecule has 1 amide bonds. The second-order valence-electron chi connectivity index (χ2n) is 6.68. The molecule has 0 saturated carbocycles. The first-order valence-corrected chi connectivity index (χ1v) is 9.13. The maximum Gasteiger partial charge on any atom is 0.306 e. The van der Waals surface area contributed by atoms with Crippen molar-refractivity contribution in [3.63, 3.8) is 0 Å². The maximum atomic E-state index is 12.0. The van der Waals surface area contributed by atoms with Crippen LogP contribution in [0.4, 0.5) is 11.4 Å². The number of benzene rings is 2. The number of esters is 1. The Morgan fingerprint density at radius 3 is 2.55 bits per heavy atom. The van der Waals surface area contributed by atoms with Crippen molar-refractivity contribution in [1.82, 2.24) is 9.97 Å². The number of nitrogens with one attached hydrogen (secondary N) is 2. The number of hydrogen-bond acceptors (Lipinski definition) is 6. The van der Waals surface area contributed by atoms with Crippen LogP contribution in [0.1, 0.15) is 12.2 Å². The van der Waals surface area contributed by atoms with Crippen LogP contribution in [-0.2, 0) is 20.7 Å². The Balaban J connectivity index is 1.47. The summed E-state index contributed by atoms with van der Waals surface area (Å²) in [6, 6.07) is 14.3. The molecule has 3 rings (SSSR count). The van der Waals surface area contributed by atoms with Gasteiger partial charge in [0.1, 0.15) is 5.82 Å². The van der Waals surface area contributed by atoms with E-state index in [-0.39, 0.29) is 25.0 Å². The van der Waals surface area contributed by atoms with E-state index in [0.717, 1.165) is 5.69 Å². The van der Waals surface area contributed by atoms with Crippen LogP contribution in [0.2, 0.25) is 0 Å². The number of carbonyl (C=O) groups is 2. The predicted octanol–water partition coefficient (Wildman–Crippen LogP) is 2.10. The molecule has 29 heavy (non-hydrogen) atoms. The third-order valence-corrected chi connectivity index (χ3v) is 4.26. The highest BCUT2D eigenvalue weighted by atomic mass is 16.5. The summed E-state index contributed by atoms with van der Waals surface area (Å²) >= 11 is 0. The summed E-state index contributed by atoms with van der Waals surface area (Å²) in [6.45, 7) is -0.379. The number of aromatic amines is 1. The van der Waals surface area contributed by atoms with Gasteiger partial charge in [0.05, 0.1) is 17.3 Å². The first kappa shape index (κ1) is 20.1. The quantitative estimate of drug-likeness (QED) is 0.595. The molecule has 1 aromatic heterocycles. The van der Waals surface area contributed by atoms with Crippen molar-refractivity contribution in [2.24, 2.45) is 0 Å². The van der Waals surface area contributed by atoms with Gasteiger partial charge in [-0.25, -0.2) is 4.98 Å². The molecule has 2 N–H and O–H groups in total. The van der Waals surface area contributed by atoms with Gasteiger partial charge < -0.3 is 19.9 Å². The summed E-state index contributed by atoms with van der Waals surface area (Å²) in [5.74, 6) is -0.566. The van der Waals surface area contributed by atoms with Crippen molar-refractivity contribution >= 4 is 34.2 Å². The summed E-state index contributed by atoms with van der Waals surface area (Å²) in [7, 11) is 3.85. The second kappa shape index (κ2) is 9.01. The van der Waals surface area contributed by atoms with Crippen LogP contribution in [0.15, 0.2) is 53.3 Å². The molecule has 0 bridgehead atoms. The molecule has 0 saturated heterocycles. The van der Waals surface area contributed by atoms with E-state index in [9.17, 15) is 14.4 Å². The number of carbonyl (C=O) groups excluding carboxylic acids is 2. The second-order valence-corrected chi connectivity index (χ2v) is 6.68. The zero-order chi connectivity index (χ0) is 20.8. The molecular weight excluding hydrogens is 372 g/mol. The average molecular weight is 394 g/mol. The molecule has 0 atom stereocenters. The summed E-state index contributed by atoms with van der Waals surface area (Å²) < 4.78 is 5.00. The lowest BCUT2D eigenvalue weighted by Crippen LogP contribution is -2.21. The molecule has 150 valence electrons. The summed E-state index contributed by atoms with van der Waals surface area (Å²) in [4.78, 5) is 44.8. The lowest BCUT2D eigenvalue weighted by Gasteiger charge is -2.13. The molecule has 2 aromatic carbocycles. The number of aromatic nitrogens is 2. The molecule has 0 aliphatic carbocycles. The SMILES string of the molecule is CN(C)c1ccc(NC(=O)COC(=O)CCc2nc3ccccc3c(=O)[nH]2)cc1. The number of rotatable bonds is 7. The number of fused-ring (bicyclic) bond motifs is 1. The average Bonchev–Trinajstić information content (AvgIpc) is 2.71. The predicted molar refractivity (Wildman–Crippen MR) is 111 cm³/mol. The molecule has 0 fully saturated rings. The number of amides is 1. The van der Waals surface area contributed by atoms with E-state index in [1.54, 1.807) is 36.4 Å². The van der Waals surface area contributed by atoms with Crippen molar-refractivity contribution < 1.29 is 14.3 Å². The normalized spacial score (nSPS) is 10.6. The summed E-state index contributed by atoms with van der Waals surface area (Å²) in [5, 5.41) is 3.16. The zero-order valence-corrected chi connectivity index (χ0v) is 16.3. The molecule has 3 aromatic rings. The molecule has 0 unspecified atom stereocenters. The van der Waals surface area contributed by atoms with Crippen molar-refractivity contribution in [2.45, 2.75) is 12.8 Å². The monoisotopic (exact) mass is 394 g/mol. The fourth-order valence-corrected chi connectivity index (χ4v) is 2.73. The van der Waals surface area contributed by atoms with Crippen LogP contribution in [-0.4, -0.2) is 42.5 Å². The minimum Gasteiger partial charge on any atom is -0.456 e. The Labute approximate surface area is 167 Å². The van der Waals surface area contributed by atoms with Crippen LogP contribution in [0.3, 0.4) is 0 Å². The number of nitrogens with zero attached hydrogens (tertiary/aromatic N) is 2. The topological polar surface area (TPSA) is 104 Å². The Morgan fingerprint density at radius 2 is 1.83 bits per heavy atom. The summed E-state index contributed by atoms with van der Waals surface area (Å²) in [6.07, 6.45) is 0.221. The van der Waals surface area contributed by atoms with Crippen LogP contribution in [0.5, 0.6) is 0 Å². The van der Waals surface area contributed by atoms with Gasteiger partial charge in [-0.15, -0.1) is 0 Å².